The first kappa shape index (κ1) is 17.4. The minimum absolute atomic E-state index is 0.0460. The van der Waals surface area contributed by atoms with Crippen LogP contribution in [0.1, 0.15) is 18.1 Å². The van der Waals surface area contributed by atoms with Crippen LogP contribution in [0.4, 0.5) is 11.4 Å². The summed E-state index contributed by atoms with van der Waals surface area (Å²) in [6.45, 7) is 0. The third-order valence-electron chi connectivity index (χ3n) is 3.43. The van der Waals surface area contributed by atoms with Crippen LogP contribution in [0, 0.1) is 0 Å². The van der Waals surface area contributed by atoms with E-state index in [9.17, 15) is 15.0 Å². The van der Waals surface area contributed by atoms with E-state index >= 15 is 0 Å². The van der Waals surface area contributed by atoms with Gasteiger partial charge >= 0.3 is 0 Å². The van der Waals surface area contributed by atoms with Crippen LogP contribution in [0.3, 0.4) is 0 Å². The largest absolute Gasteiger partial charge is 0.504 e. The summed E-state index contributed by atoms with van der Waals surface area (Å²) in [5, 5.41) is 22.5. The molecule has 0 bridgehead atoms. The van der Waals surface area contributed by atoms with Crippen LogP contribution >= 0.6 is 0 Å². The lowest BCUT2D eigenvalue weighted by molar-refractivity contribution is -0.111. The van der Waals surface area contributed by atoms with Gasteiger partial charge in [-0.25, -0.2) is 0 Å². The van der Waals surface area contributed by atoms with E-state index < -0.39 is 6.10 Å². The van der Waals surface area contributed by atoms with Crippen LogP contribution in [0.5, 0.6) is 11.5 Å². The number of hydrogen-bond acceptors (Lipinski definition) is 5. The van der Waals surface area contributed by atoms with Crippen LogP contribution in [-0.2, 0) is 4.79 Å². The minimum Gasteiger partial charge on any atom is -0.504 e. The van der Waals surface area contributed by atoms with Gasteiger partial charge in [0.2, 0.25) is 5.91 Å². The number of aliphatic hydroxyl groups excluding tert-OH is 1. The van der Waals surface area contributed by atoms with Gasteiger partial charge < -0.3 is 26.0 Å². The smallest absolute Gasteiger partial charge is 0.248 e. The highest BCUT2D eigenvalue weighted by Crippen LogP contribution is 2.29. The molecule has 6 nitrogen and oxygen atoms in total. The molecule has 0 aliphatic heterocycles. The number of phenolic OH excluding ortho intramolecular Hbond substituents is 1. The number of aromatic hydroxyl groups is 1. The van der Waals surface area contributed by atoms with Crippen molar-refractivity contribution in [3.8, 4) is 11.5 Å². The van der Waals surface area contributed by atoms with Gasteiger partial charge in [-0.1, -0.05) is 24.3 Å². The van der Waals surface area contributed by atoms with E-state index in [0.717, 1.165) is 0 Å². The van der Waals surface area contributed by atoms with Crippen molar-refractivity contribution in [3.63, 3.8) is 0 Å². The summed E-state index contributed by atoms with van der Waals surface area (Å²) in [4.78, 5) is 11.8. The van der Waals surface area contributed by atoms with Gasteiger partial charge in [0.05, 0.1) is 24.6 Å². The SMILES string of the molecule is COc1ccc([C@H](O)C/C=C/C(=O)Nc2ccccc2N)cc1O. The molecule has 1 atom stereocenters. The zero-order chi connectivity index (χ0) is 17.5. The van der Waals surface area contributed by atoms with Crippen molar-refractivity contribution in [1.29, 1.82) is 0 Å². The predicted octanol–water partition coefficient (Wildman–Crippen LogP) is 2.60. The van der Waals surface area contributed by atoms with Crippen molar-refractivity contribution in [2.75, 3.05) is 18.2 Å². The Balaban J connectivity index is 1.92. The van der Waals surface area contributed by atoms with Gasteiger partial charge in [-0.2, -0.15) is 0 Å². The number of amides is 1. The first-order valence-electron chi connectivity index (χ1n) is 7.38. The van der Waals surface area contributed by atoms with Crippen molar-refractivity contribution in [2.24, 2.45) is 0 Å². The molecule has 0 unspecified atom stereocenters. The number of nitrogen functional groups attached to an aromatic ring is 1. The Morgan fingerprint density at radius 2 is 2.08 bits per heavy atom. The Labute approximate surface area is 140 Å². The fourth-order valence-electron chi connectivity index (χ4n) is 2.14. The van der Waals surface area contributed by atoms with E-state index in [1.165, 1.54) is 19.3 Å². The van der Waals surface area contributed by atoms with Crippen molar-refractivity contribution >= 4 is 17.3 Å². The van der Waals surface area contributed by atoms with E-state index in [2.05, 4.69) is 5.32 Å². The van der Waals surface area contributed by atoms with Gasteiger partial charge in [0.1, 0.15) is 0 Å². The van der Waals surface area contributed by atoms with Gasteiger partial charge in [0.15, 0.2) is 11.5 Å². The molecule has 6 heteroatoms. The fourth-order valence-corrected chi connectivity index (χ4v) is 2.14. The highest BCUT2D eigenvalue weighted by Gasteiger charge is 2.09. The minimum atomic E-state index is -0.840. The Hall–Kier alpha value is -2.99. The topological polar surface area (TPSA) is 105 Å². The Morgan fingerprint density at radius 3 is 2.75 bits per heavy atom. The summed E-state index contributed by atoms with van der Waals surface area (Å²) in [6, 6.07) is 11.6. The molecule has 2 aromatic carbocycles. The Kier molecular flexibility index (Phi) is 5.81. The number of methoxy groups -OCH3 is 1. The molecule has 2 rings (SSSR count). The summed E-state index contributed by atoms with van der Waals surface area (Å²) in [6.07, 6.45) is 2.27. The van der Waals surface area contributed by atoms with Crippen molar-refractivity contribution in [2.45, 2.75) is 12.5 Å². The first-order chi connectivity index (χ1) is 11.5. The number of phenols is 1. The summed E-state index contributed by atoms with van der Waals surface area (Å²) >= 11 is 0. The summed E-state index contributed by atoms with van der Waals surface area (Å²) < 4.78 is 4.95. The van der Waals surface area contributed by atoms with Crippen molar-refractivity contribution in [3.05, 3.63) is 60.2 Å². The lowest BCUT2D eigenvalue weighted by Gasteiger charge is -2.11. The number of carbonyl (C=O) groups excluding carboxylic acids is 1. The summed E-state index contributed by atoms with van der Waals surface area (Å²) in [5.41, 5.74) is 7.29. The standard InChI is InChI=1S/C18H20N2O4/c1-24-17-10-9-12(11-16(17)22)15(21)7-4-8-18(23)20-14-6-3-2-5-13(14)19/h2-6,8-11,15,21-22H,7,19H2,1H3,(H,20,23)/b8-4+/t15-/m1/s1. The van der Waals surface area contributed by atoms with Crippen LogP contribution in [0.15, 0.2) is 54.6 Å². The van der Waals surface area contributed by atoms with Gasteiger partial charge in [0.25, 0.3) is 0 Å². The molecular formula is C18H20N2O4. The second-order valence-electron chi connectivity index (χ2n) is 5.16. The van der Waals surface area contributed by atoms with Crippen molar-refractivity contribution in [1.82, 2.24) is 0 Å². The fraction of sp³-hybridized carbons (Fsp3) is 0.167. The number of anilines is 2. The highest BCUT2D eigenvalue weighted by molar-refractivity contribution is 6.01. The molecule has 5 N–H and O–H groups in total. The monoisotopic (exact) mass is 328 g/mol. The third kappa shape index (κ3) is 4.50. The second kappa shape index (κ2) is 8.03. The molecule has 0 aromatic heterocycles. The maximum absolute atomic E-state index is 11.8. The van der Waals surface area contributed by atoms with Gasteiger partial charge in [-0.15, -0.1) is 0 Å². The number of nitrogens with one attached hydrogen (secondary N) is 1. The van der Waals surface area contributed by atoms with Gasteiger partial charge in [-0.3, -0.25) is 4.79 Å². The molecule has 2 aromatic rings. The lowest BCUT2D eigenvalue weighted by Crippen LogP contribution is -2.09. The number of benzene rings is 2. The molecule has 1 amide bonds. The molecule has 24 heavy (non-hydrogen) atoms. The summed E-state index contributed by atoms with van der Waals surface area (Å²) in [7, 11) is 1.45. The first-order valence-corrected chi connectivity index (χ1v) is 7.38. The lowest BCUT2D eigenvalue weighted by atomic mass is 10.1. The van der Waals surface area contributed by atoms with Gasteiger partial charge in [0, 0.05) is 0 Å². The maximum atomic E-state index is 11.8. The summed E-state index contributed by atoms with van der Waals surface area (Å²) in [5.74, 6) is -0.0469. The molecule has 0 saturated heterocycles. The van der Waals surface area contributed by atoms with Crippen LogP contribution in [-0.4, -0.2) is 23.2 Å². The van der Waals surface area contributed by atoms with Crippen LogP contribution in [0.25, 0.3) is 0 Å². The molecule has 0 aliphatic rings. The van der Waals surface area contributed by atoms with Crippen LogP contribution in [0.2, 0.25) is 0 Å². The average molecular weight is 328 g/mol. The molecule has 0 saturated carbocycles. The second-order valence-corrected chi connectivity index (χ2v) is 5.16. The predicted molar refractivity (Wildman–Crippen MR) is 92.9 cm³/mol. The van der Waals surface area contributed by atoms with Gasteiger partial charge in [-0.05, 0) is 42.3 Å². The van der Waals surface area contributed by atoms with E-state index in [1.54, 1.807) is 42.5 Å². The molecule has 126 valence electrons. The van der Waals surface area contributed by atoms with E-state index in [4.69, 9.17) is 10.5 Å². The molecule has 0 fully saturated rings. The van der Waals surface area contributed by atoms with Crippen LogP contribution < -0.4 is 15.8 Å². The molecule has 0 radical (unpaired) electrons. The zero-order valence-corrected chi connectivity index (χ0v) is 13.3. The highest BCUT2D eigenvalue weighted by atomic mass is 16.5. The maximum Gasteiger partial charge on any atom is 0.248 e. The normalized spacial score (nSPS) is 12.1. The number of carbonyl (C=O) groups is 1. The van der Waals surface area contributed by atoms with E-state index in [0.29, 0.717) is 22.7 Å². The number of hydrogen-bond donors (Lipinski definition) is 4. The quantitative estimate of drug-likeness (QED) is 0.482. The van der Waals surface area contributed by atoms with E-state index in [-0.39, 0.29) is 18.1 Å². The number of para-hydroxylation sites is 2. The molecular weight excluding hydrogens is 308 g/mol. The Bertz CT molecular complexity index is 744. The third-order valence-corrected chi connectivity index (χ3v) is 3.43. The Morgan fingerprint density at radius 1 is 1.33 bits per heavy atom. The molecule has 0 spiro atoms. The molecule has 0 heterocycles. The molecule has 0 aliphatic carbocycles. The number of nitrogens with two attached hydrogens (primary N) is 1. The average Bonchev–Trinajstić information content (AvgIpc) is 2.56. The van der Waals surface area contributed by atoms with Crippen molar-refractivity contribution < 1.29 is 19.7 Å². The zero-order valence-electron chi connectivity index (χ0n) is 13.3. The number of rotatable bonds is 6. The number of aliphatic hydroxyl groups is 1. The van der Waals surface area contributed by atoms with E-state index in [1.807, 2.05) is 0 Å². The number of ether oxygens (including phenoxy) is 1.